The highest BCUT2D eigenvalue weighted by molar-refractivity contribution is 8.00. The van der Waals surface area contributed by atoms with E-state index < -0.39 is 0 Å². The molecule has 0 fully saturated rings. The number of anilines is 2. The van der Waals surface area contributed by atoms with Crippen molar-refractivity contribution in [3.63, 3.8) is 0 Å². The quantitative estimate of drug-likeness (QED) is 0.417. The van der Waals surface area contributed by atoms with Crippen LogP contribution in [0.3, 0.4) is 0 Å². The van der Waals surface area contributed by atoms with Gasteiger partial charge in [-0.15, -0.1) is 11.8 Å². The Balaban J connectivity index is 1.56. The molecule has 0 unspecified atom stereocenters. The molecule has 6 nitrogen and oxygen atoms in total. The summed E-state index contributed by atoms with van der Waals surface area (Å²) in [4.78, 5) is 25.6. The molecule has 0 atom stereocenters. The largest absolute Gasteiger partial charge is 0.495 e. The molecule has 3 rings (SSSR count). The summed E-state index contributed by atoms with van der Waals surface area (Å²) in [5.74, 6) is 0.774. The van der Waals surface area contributed by atoms with Crippen molar-refractivity contribution < 1.29 is 19.1 Å². The minimum absolute atomic E-state index is 0.0976. The molecular formula is C24H23ClN2O4S. The Hall–Kier alpha value is -3.16. The van der Waals surface area contributed by atoms with Gasteiger partial charge in [-0.05, 0) is 29.8 Å². The zero-order valence-electron chi connectivity index (χ0n) is 17.7. The molecule has 2 N–H and O–H groups in total. The normalized spacial score (nSPS) is 10.3. The van der Waals surface area contributed by atoms with Crippen LogP contribution in [0.4, 0.5) is 11.4 Å². The van der Waals surface area contributed by atoms with Gasteiger partial charge < -0.3 is 20.1 Å². The fraction of sp³-hybridized carbons (Fsp3) is 0.167. The van der Waals surface area contributed by atoms with Crippen LogP contribution in [0, 0.1) is 0 Å². The molecule has 2 amide bonds. The summed E-state index contributed by atoms with van der Waals surface area (Å²) in [6, 6.07) is 20.1. The van der Waals surface area contributed by atoms with E-state index in [9.17, 15) is 9.59 Å². The van der Waals surface area contributed by atoms with Gasteiger partial charge in [0.05, 0.1) is 37.1 Å². The number of rotatable bonds is 9. The number of benzene rings is 3. The predicted octanol–water partition coefficient (Wildman–Crippen LogP) is 5.27. The van der Waals surface area contributed by atoms with Gasteiger partial charge in [0, 0.05) is 16.6 Å². The molecule has 0 aliphatic heterocycles. The number of amides is 2. The highest BCUT2D eigenvalue weighted by atomic mass is 35.5. The molecule has 0 aromatic heterocycles. The lowest BCUT2D eigenvalue weighted by atomic mass is 10.1. The van der Waals surface area contributed by atoms with E-state index in [0.717, 1.165) is 10.5 Å². The molecule has 8 heteroatoms. The Labute approximate surface area is 196 Å². The maximum Gasteiger partial charge on any atom is 0.234 e. The minimum atomic E-state index is -0.215. The summed E-state index contributed by atoms with van der Waals surface area (Å²) in [5.41, 5.74) is 2.09. The van der Waals surface area contributed by atoms with Crippen LogP contribution >= 0.6 is 23.4 Å². The SMILES string of the molecule is COc1cc(OC)c(NC(=O)CSc2cccc(NC(=O)Cc3ccccc3)c2)cc1Cl. The number of hydrogen-bond donors (Lipinski definition) is 2. The highest BCUT2D eigenvalue weighted by Crippen LogP contribution is 2.36. The average molecular weight is 471 g/mol. The van der Waals surface area contributed by atoms with Crippen molar-refractivity contribution in [2.24, 2.45) is 0 Å². The van der Waals surface area contributed by atoms with E-state index in [0.29, 0.717) is 34.3 Å². The van der Waals surface area contributed by atoms with Crippen LogP contribution in [0.15, 0.2) is 71.6 Å². The van der Waals surface area contributed by atoms with E-state index in [4.69, 9.17) is 21.1 Å². The lowest BCUT2D eigenvalue weighted by Crippen LogP contribution is -2.15. The molecule has 0 aliphatic rings. The Kier molecular flexibility index (Phi) is 8.41. The monoisotopic (exact) mass is 470 g/mol. The second kappa shape index (κ2) is 11.5. The van der Waals surface area contributed by atoms with Crippen molar-refractivity contribution in [1.29, 1.82) is 0 Å². The summed E-state index contributed by atoms with van der Waals surface area (Å²) in [7, 11) is 3.01. The number of carbonyl (C=O) groups is 2. The second-order valence-corrected chi connectivity index (χ2v) is 8.22. The molecule has 3 aromatic rings. The van der Waals surface area contributed by atoms with Gasteiger partial charge in [-0.1, -0.05) is 48.0 Å². The van der Waals surface area contributed by atoms with Crippen LogP contribution in [0.2, 0.25) is 5.02 Å². The number of halogens is 1. The van der Waals surface area contributed by atoms with E-state index in [-0.39, 0.29) is 17.6 Å². The zero-order chi connectivity index (χ0) is 22.9. The highest BCUT2D eigenvalue weighted by Gasteiger charge is 2.13. The number of carbonyl (C=O) groups excluding carboxylic acids is 2. The van der Waals surface area contributed by atoms with Gasteiger partial charge in [-0.2, -0.15) is 0 Å². The van der Waals surface area contributed by atoms with E-state index in [1.54, 1.807) is 12.1 Å². The molecular weight excluding hydrogens is 448 g/mol. The van der Waals surface area contributed by atoms with Gasteiger partial charge in [0.25, 0.3) is 0 Å². The Bertz CT molecular complexity index is 1090. The predicted molar refractivity (Wildman–Crippen MR) is 129 cm³/mol. The maximum atomic E-state index is 12.5. The summed E-state index contributed by atoms with van der Waals surface area (Å²) < 4.78 is 10.5. The fourth-order valence-electron chi connectivity index (χ4n) is 2.94. The van der Waals surface area contributed by atoms with Crippen LogP contribution < -0.4 is 20.1 Å². The molecule has 0 radical (unpaired) electrons. The fourth-order valence-corrected chi connectivity index (χ4v) is 3.94. The summed E-state index contributed by atoms with van der Waals surface area (Å²) in [5, 5.41) is 6.07. The van der Waals surface area contributed by atoms with Crippen molar-refractivity contribution >= 4 is 46.6 Å². The van der Waals surface area contributed by atoms with Gasteiger partial charge in [-0.3, -0.25) is 9.59 Å². The molecule has 0 aliphatic carbocycles. The van der Waals surface area contributed by atoms with Crippen LogP contribution in [0.1, 0.15) is 5.56 Å². The Morgan fingerprint density at radius 3 is 2.34 bits per heavy atom. The summed E-state index contributed by atoms with van der Waals surface area (Å²) in [6.45, 7) is 0. The smallest absolute Gasteiger partial charge is 0.234 e. The van der Waals surface area contributed by atoms with Gasteiger partial charge in [0.1, 0.15) is 11.5 Å². The third-order valence-electron chi connectivity index (χ3n) is 4.44. The van der Waals surface area contributed by atoms with Gasteiger partial charge in [0.15, 0.2) is 0 Å². The molecule has 166 valence electrons. The van der Waals surface area contributed by atoms with Crippen molar-refractivity contribution in [1.82, 2.24) is 0 Å². The molecule has 3 aromatic carbocycles. The van der Waals surface area contributed by atoms with Crippen LogP contribution in [-0.4, -0.2) is 31.8 Å². The molecule has 0 saturated carbocycles. The average Bonchev–Trinajstić information content (AvgIpc) is 2.79. The Morgan fingerprint density at radius 2 is 1.62 bits per heavy atom. The first-order valence-electron chi connectivity index (χ1n) is 9.76. The van der Waals surface area contributed by atoms with Crippen LogP contribution in [-0.2, 0) is 16.0 Å². The van der Waals surface area contributed by atoms with Crippen molar-refractivity contribution in [2.75, 3.05) is 30.6 Å². The third-order valence-corrected chi connectivity index (χ3v) is 5.73. The van der Waals surface area contributed by atoms with Gasteiger partial charge >= 0.3 is 0 Å². The number of thioether (sulfide) groups is 1. The standard InChI is InChI=1S/C24H23ClN2O4S/c1-30-21-14-22(31-2)20(13-19(21)25)27-24(29)15-32-18-10-6-9-17(12-18)26-23(28)11-16-7-4-3-5-8-16/h3-10,12-14H,11,15H2,1-2H3,(H,26,28)(H,27,29). The summed E-state index contributed by atoms with van der Waals surface area (Å²) >= 11 is 7.51. The minimum Gasteiger partial charge on any atom is -0.495 e. The topological polar surface area (TPSA) is 76.7 Å². The van der Waals surface area contributed by atoms with Crippen LogP contribution in [0.25, 0.3) is 0 Å². The van der Waals surface area contributed by atoms with E-state index in [2.05, 4.69) is 10.6 Å². The Morgan fingerprint density at radius 1 is 0.875 bits per heavy atom. The molecule has 32 heavy (non-hydrogen) atoms. The number of nitrogens with one attached hydrogen (secondary N) is 2. The molecule has 0 saturated heterocycles. The van der Waals surface area contributed by atoms with Crippen molar-refractivity contribution in [2.45, 2.75) is 11.3 Å². The van der Waals surface area contributed by atoms with Gasteiger partial charge in [0.2, 0.25) is 11.8 Å². The molecule has 0 spiro atoms. The van der Waals surface area contributed by atoms with Gasteiger partial charge in [-0.25, -0.2) is 0 Å². The second-order valence-electron chi connectivity index (χ2n) is 6.76. The lowest BCUT2D eigenvalue weighted by molar-refractivity contribution is -0.115. The number of ether oxygens (including phenoxy) is 2. The van der Waals surface area contributed by atoms with Crippen molar-refractivity contribution in [3.05, 3.63) is 77.3 Å². The van der Waals surface area contributed by atoms with E-state index in [1.807, 2.05) is 54.6 Å². The maximum absolute atomic E-state index is 12.5. The lowest BCUT2D eigenvalue weighted by Gasteiger charge is -2.13. The number of methoxy groups -OCH3 is 2. The van der Waals surface area contributed by atoms with E-state index >= 15 is 0 Å². The first-order chi connectivity index (χ1) is 15.5. The molecule has 0 heterocycles. The van der Waals surface area contributed by atoms with Crippen LogP contribution in [0.5, 0.6) is 11.5 Å². The molecule has 0 bridgehead atoms. The summed E-state index contributed by atoms with van der Waals surface area (Å²) in [6.07, 6.45) is 0.298. The first kappa shape index (κ1) is 23.5. The zero-order valence-corrected chi connectivity index (χ0v) is 19.3. The number of hydrogen-bond acceptors (Lipinski definition) is 5. The third kappa shape index (κ3) is 6.67. The van der Waals surface area contributed by atoms with Crippen molar-refractivity contribution in [3.8, 4) is 11.5 Å². The first-order valence-corrected chi connectivity index (χ1v) is 11.1. The van der Waals surface area contributed by atoms with E-state index in [1.165, 1.54) is 26.0 Å².